The van der Waals surface area contributed by atoms with Crippen molar-refractivity contribution in [3.8, 4) is 0 Å². The molecule has 18 heavy (non-hydrogen) atoms. The molecular weight excluding hydrogens is 265 g/mol. The van der Waals surface area contributed by atoms with E-state index in [1.54, 1.807) is 0 Å². The third-order valence-electron chi connectivity index (χ3n) is 2.84. The summed E-state index contributed by atoms with van der Waals surface area (Å²) in [5.74, 6) is 0.554. The van der Waals surface area contributed by atoms with Gasteiger partial charge in [0.15, 0.2) is 0 Å². The molecule has 0 N–H and O–H groups in total. The van der Waals surface area contributed by atoms with E-state index in [1.807, 2.05) is 18.2 Å². The molecule has 0 saturated heterocycles. The molecule has 0 amide bonds. The predicted octanol–water partition coefficient (Wildman–Crippen LogP) is 4.72. The van der Waals surface area contributed by atoms with Crippen molar-refractivity contribution < 1.29 is 0 Å². The molecule has 0 fully saturated rings. The Balaban J connectivity index is 2.09. The van der Waals surface area contributed by atoms with E-state index in [0.717, 1.165) is 17.1 Å². The molecule has 2 rings (SSSR count). The SMILES string of the molecule is CN(Cc1cccc(Cl)c1)c1ccc(CCl)cc1. The quantitative estimate of drug-likeness (QED) is 0.733. The second-order valence-corrected chi connectivity index (χ2v) is 4.99. The molecule has 0 aliphatic carbocycles. The van der Waals surface area contributed by atoms with Crippen molar-refractivity contribution in [2.45, 2.75) is 12.4 Å². The molecule has 0 atom stereocenters. The van der Waals surface area contributed by atoms with Crippen LogP contribution in [0.2, 0.25) is 5.02 Å². The van der Waals surface area contributed by atoms with Gasteiger partial charge in [0.05, 0.1) is 0 Å². The smallest absolute Gasteiger partial charge is 0.0474 e. The Hall–Kier alpha value is -1.18. The molecule has 0 spiro atoms. The van der Waals surface area contributed by atoms with Crippen LogP contribution in [0.1, 0.15) is 11.1 Å². The summed E-state index contributed by atoms with van der Waals surface area (Å²) in [6.07, 6.45) is 0. The highest BCUT2D eigenvalue weighted by molar-refractivity contribution is 6.30. The highest BCUT2D eigenvalue weighted by Gasteiger charge is 2.02. The number of halogens is 2. The molecule has 0 radical (unpaired) electrons. The number of benzene rings is 2. The molecule has 2 aromatic rings. The second kappa shape index (κ2) is 6.12. The molecule has 2 aromatic carbocycles. The highest BCUT2D eigenvalue weighted by atomic mass is 35.5. The van der Waals surface area contributed by atoms with E-state index in [-0.39, 0.29) is 0 Å². The lowest BCUT2D eigenvalue weighted by Crippen LogP contribution is -2.16. The van der Waals surface area contributed by atoms with Gasteiger partial charge in [0.2, 0.25) is 0 Å². The minimum Gasteiger partial charge on any atom is -0.370 e. The van der Waals surface area contributed by atoms with E-state index in [1.165, 1.54) is 11.3 Å². The van der Waals surface area contributed by atoms with E-state index in [0.29, 0.717) is 5.88 Å². The first-order valence-corrected chi connectivity index (χ1v) is 6.71. The first-order chi connectivity index (χ1) is 8.69. The first kappa shape index (κ1) is 13.3. The molecule has 0 aromatic heterocycles. The molecule has 0 saturated carbocycles. The summed E-state index contributed by atoms with van der Waals surface area (Å²) in [7, 11) is 2.07. The molecule has 1 nitrogen and oxygen atoms in total. The van der Waals surface area contributed by atoms with Crippen LogP contribution in [0.3, 0.4) is 0 Å². The summed E-state index contributed by atoms with van der Waals surface area (Å²) < 4.78 is 0. The fourth-order valence-electron chi connectivity index (χ4n) is 1.84. The summed E-state index contributed by atoms with van der Waals surface area (Å²) in [5.41, 5.74) is 3.51. The Morgan fingerprint density at radius 1 is 1.00 bits per heavy atom. The third-order valence-corrected chi connectivity index (χ3v) is 3.38. The van der Waals surface area contributed by atoms with Crippen LogP contribution in [0, 0.1) is 0 Å². The van der Waals surface area contributed by atoms with Crippen molar-refractivity contribution in [2.75, 3.05) is 11.9 Å². The maximum absolute atomic E-state index is 5.98. The van der Waals surface area contributed by atoms with Gasteiger partial charge in [0.1, 0.15) is 0 Å². The molecular formula is C15H15Cl2N. The molecule has 0 aliphatic rings. The number of nitrogens with zero attached hydrogens (tertiary/aromatic N) is 1. The van der Waals surface area contributed by atoms with Crippen molar-refractivity contribution in [3.63, 3.8) is 0 Å². The molecule has 3 heteroatoms. The number of alkyl halides is 1. The van der Waals surface area contributed by atoms with E-state index in [9.17, 15) is 0 Å². The van der Waals surface area contributed by atoms with E-state index < -0.39 is 0 Å². The Morgan fingerprint density at radius 2 is 1.72 bits per heavy atom. The van der Waals surface area contributed by atoms with Crippen molar-refractivity contribution in [1.29, 1.82) is 0 Å². The average molecular weight is 280 g/mol. The first-order valence-electron chi connectivity index (χ1n) is 5.79. The minimum absolute atomic E-state index is 0.554. The topological polar surface area (TPSA) is 3.24 Å². The maximum Gasteiger partial charge on any atom is 0.0474 e. The van der Waals surface area contributed by atoms with Gasteiger partial charge in [-0.3, -0.25) is 0 Å². The Morgan fingerprint density at radius 3 is 2.33 bits per heavy atom. The summed E-state index contributed by atoms with van der Waals surface area (Å²) >= 11 is 11.8. The van der Waals surface area contributed by atoms with Crippen LogP contribution in [-0.4, -0.2) is 7.05 Å². The van der Waals surface area contributed by atoms with Gasteiger partial charge in [0.25, 0.3) is 0 Å². The van der Waals surface area contributed by atoms with Crippen LogP contribution in [0.25, 0.3) is 0 Å². The molecule has 0 unspecified atom stereocenters. The lowest BCUT2D eigenvalue weighted by Gasteiger charge is -2.19. The van der Waals surface area contributed by atoms with Crippen LogP contribution in [0.5, 0.6) is 0 Å². The van der Waals surface area contributed by atoms with Gasteiger partial charge >= 0.3 is 0 Å². The Labute approximate surface area is 118 Å². The summed E-state index contributed by atoms with van der Waals surface area (Å²) in [5, 5.41) is 0.776. The Bertz CT molecular complexity index is 508. The number of hydrogen-bond donors (Lipinski definition) is 0. The summed E-state index contributed by atoms with van der Waals surface area (Å²) in [4.78, 5) is 2.18. The summed E-state index contributed by atoms with van der Waals surface area (Å²) in [6, 6.07) is 16.2. The molecule has 0 bridgehead atoms. The molecule has 94 valence electrons. The fraction of sp³-hybridized carbons (Fsp3) is 0.200. The molecule has 0 heterocycles. The van der Waals surface area contributed by atoms with Gasteiger partial charge in [-0.05, 0) is 35.4 Å². The summed E-state index contributed by atoms with van der Waals surface area (Å²) in [6.45, 7) is 0.834. The van der Waals surface area contributed by atoms with Crippen molar-refractivity contribution in [1.82, 2.24) is 0 Å². The fourth-order valence-corrected chi connectivity index (χ4v) is 2.23. The van der Waals surface area contributed by atoms with Crippen LogP contribution >= 0.6 is 23.2 Å². The van der Waals surface area contributed by atoms with Gasteiger partial charge in [-0.15, -0.1) is 11.6 Å². The van der Waals surface area contributed by atoms with Crippen LogP contribution in [0.15, 0.2) is 48.5 Å². The predicted molar refractivity (Wildman–Crippen MR) is 79.6 cm³/mol. The van der Waals surface area contributed by atoms with Gasteiger partial charge < -0.3 is 4.90 Å². The van der Waals surface area contributed by atoms with Crippen molar-refractivity contribution >= 4 is 28.9 Å². The van der Waals surface area contributed by atoms with Gasteiger partial charge in [0, 0.05) is 30.2 Å². The van der Waals surface area contributed by atoms with Crippen LogP contribution in [-0.2, 0) is 12.4 Å². The van der Waals surface area contributed by atoms with Gasteiger partial charge in [-0.2, -0.15) is 0 Å². The number of hydrogen-bond acceptors (Lipinski definition) is 1. The van der Waals surface area contributed by atoms with Crippen LogP contribution in [0.4, 0.5) is 5.69 Å². The molecule has 0 aliphatic heterocycles. The zero-order valence-electron chi connectivity index (χ0n) is 10.2. The minimum atomic E-state index is 0.554. The Kier molecular flexibility index (Phi) is 4.51. The highest BCUT2D eigenvalue weighted by Crippen LogP contribution is 2.18. The van der Waals surface area contributed by atoms with Crippen LogP contribution < -0.4 is 4.90 Å². The van der Waals surface area contributed by atoms with Crippen molar-refractivity contribution in [3.05, 3.63) is 64.7 Å². The van der Waals surface area contributed by atoms with E-state index in [4.69, 9.17) is 23.2 Å². The number of rotatable bonds is 4. The van der Waals surface area contributed by atoms with E-state index in [2.05, 4.69) is 42.3 Å². The maximum atomic E-state index is 5.98. The lowest BCUT2D eigenvalue weighted by atomic mass is 10.2. The lowest BCUT2D eigenvalue weighted by molar-refractivity contribution is 0.923. The number of anilines is 1. The normalized spacial score (nSPS) is 10.4. The monoisotopic (exact) mass is 279 g/mol. The van der Waals surface area contributed by atoms with Gasteiger partial charge in [-0.25, -0.2) is 0 Å². The third kappa shape index (κ3) is 3.41. The standard InChI is InChI=1S/C15H15Cl2N/c1-18(11-13-3-2-4-14(17)9-13)15-7-5-12(10-16)6-8-15/h2-9H,10-11H2,1H3. The zero-order chi connectivity index (χ0) is 13.0. The second-order valence-electron chi connectivity index (χ2n) is 4.29. The van der Waals surface area contributed by atoms with Crippen molar-refractivity contribution in [2.24, 2.45) is 0 Å². The van der Waals surface area contributed by atoms with Gasteiger partial charge in [-0.1, -0.05) is 35.9 Å². The average Bonchev–Trinajstić information content (AvgIpc) is 2.39. The van der Waals surface area contributed by atoms with E-state index >= 15 is 0 Å². The largest absolute Gasteiger partial charge is 0.370 e. The zero-order valence-corrected chi connectivity index (χ0v) is 11.7.